The predicted octanol–water partition coefficient (Wildman–Crippen LogP) is 2.50. The number of rotatable bonds is 0. The van der Waals surface area contributed by atoms with E-state index in [0.29, 0.717) is 11.5 Å². The molecular weight excluding hydrogens is 188 g/mol. The van der Waals surface area contributed by atoms with Crippen molar-refractivity contribution in [3.05, 3.63) is 0 Å². The average molecular weight is 210 g/mol. The Labute approximate surface area is 92.0 Å². The fourth-order valence-electron chi connectivity index (χ4n) is 4.53. The first-order valence-corrected chi connectivity index (χ1v) is 6.11. The highest BCUT2D eigenvalue weighted by Gasteiger charge is 2.75. The zero-order valence-corrected chi connectivity index (χ0v) is 10.3. The van der Waals surface area contributed by atoms with Crippen LogP contribution in [-0.2, 0) is 4.74 Å². The molecule has 0 radical (unpaired) electrons. The summed E-state index contributed by atoms with van der Waals surface area (Å²) in [4.78, 5) is 0. The maximum Gasteiger partial charge on any atom is 0.0954 e. The van der Waals surface area contributed by atoms with Crippen molar-refractivity contribution in [1.82, 2.24) is 0 Å². The smallest absolute Gasteiger partial charge is 0.0954 e. The van der Waals surface area contributed by atoms with Crippen LogP contribution in [0.25, 0.3) is 0 Å². The highest BCUT2D eigenvalue weighted by molar-refractivity contribution is 5.24. The molecule has 4 atom stereocenters. The van der Waals surface area contributed by atoms with E-state index in [4.69, 9.17) is 4.74 Å². The largest absolute Gasteiger partial charge is 0.389 e. The molecule has 2 aliphatic carbocycles. The van der Waals surface area contributed by atoms with Crippen molar-refractivity contribution < 1.29 is 9.84 Å². The predicted molar refractivity (Wildman–Crippen MR) is 58.6 cm³/mol. The molecule has 3 rings (SSSR count). The molecule has 2 heteroatoms. The first kappa shape index (κ1) is 10.1. The van der Waals surface area contributed by atoms with Gasteiger partial charge >= 0.3 is 0 Å². The first-order valence-electron chi connectivity index (χ1n) is 6.11. The van der Waals surface area contributed by atoms with Crippen LogP contribution in [0.4, 0.5) is 0 Å². The Bertz CT molecular complexity index is 318. The minimum atomic E-state index is -0.493. The lowest BCUT2D eigenvalue weighted by Gasteiger charge is -2.59. The van der Waals surface area contributed by atoms with Gasteiger partial charge in [0.2, 0.25) is 0 Å². The third kappa shape index (κ3) is 1.07. The van der Waals surface area contributed by atoms with Gasteiger partial charge in [0.15, 0.2) is 0 Å². The van der Waals surface area contributed by atoms with Gasteiger partial charge < -0.3 is 9.84 Å². The molecule has 4 unspecified atom stereocenters. The Morgan fingerprint density at radius 1 is 1.07 bits per heavy atom. The Balaban J connectivity index is 1.98. The van der Waals surface area contributed by atoms with E-state index in [0.717, 1.165) is 25.7 Å². The van der Waals surface area contributed by atoms with Gasteiger partial charge in [-0.2, -0.15) is 0 Å². The molecular formula is C13H22O2. The molecule has 0 bridgehead atoms. The lowest BCUT2D eigenvalue weighted by atomic mass is 9.46. The van der Waals surface area contributed by atoms with Crippen LogP contribution in [-0.4, -0.2) is 22.4 Å². The van der Waals surface area contributed by atoms with Gasteiger partial charge in [0.25, 0.3) is 0 Å². The summed E-state index contributed by atoms with van der Waals surface area (Å²) in [5.41, 5.74) is -0.0606. The summed E-state index contributed by atoms with van der Waals surface area (Å²) in [5.74, 6) is 0. The van der Waals surface area contributed by atoms with E-state index in [1.807, 2.05) is 6.92 Å². The van der Waals surface area contributed by atoms with E-state index in [2.05, 4.69) is 20.8 Å². The molecule has 0 aromatic rings. The van der Waals surface area contributed by atoms with Crippen molar-refractivity contribution in [2.75, 3.05) is 0 Å². The Hall–Kier alpha value is -0.0800. The Morgan fingerprint density at radius 3 is 2.20 bits per heavy atom. The van der Waals surface area contributed by atoms with Crippen molar-refractivity contribution in [2.24, 2.45) is 10.8 Å². The van der Waals surface area contributed by atoms with Crippen LogP contribution in [0.15, 0.2) is 0 Å². The summed E-state index contributed by atoms with van der Waals surface area (Å²) >= 11 is 0. The van der Waals surface area contributed by atoms with Crippen LogP contribution >= 0.6 is 0 Å². The molecule has 2 nitrogen and oxygen atoms in total. The summed E-state index contributed by atoms with van der Waals surface area (Å²) in [5, 5.41) is 10.5. The van der Waals surface area contributed by atoms with Gasteiger partial charge in [0, 0.05) is 5.41 Å². The first-order chi connectivity index (χ1) is 6.71. The van der Waals surface area contributed by atoms with E-state index in [1.54, 1.807) is 0 Å². The Kier molecular flexibility index (Phi) is 1.54. The molecule has 3 fully saturated rings. The standard InChI is InChI=1S/C13H22O2/c1-10(2)7-11(3)9(15-11)13(8-10)6-5-12(13,4)14/h9,14H,5-8H2,1-4H3. The van der Waals surface area contributed by atoms with Crippen molar-refractivity contribution in [2.45, 2.75) is 70.7 Å². The summed E-state index contributed by atoms with van der Waals surface area (Å²) in [6.07, 6.45) is 4.67. The van der Waals surface area contributed by atoms with Gasteiger partial charge in [-0.25, -0.2) is 0 Å². The van der Waals surface area contributed by atoms with E-state index < -0.39 is 5.60 Å². The van der Waals surface area contributed by atoms with Crippen molar-refractivity contribution in [3.8, 4) is 0 Å². The molecule has 0 aromatic carbocycles. The number of hydrogen-bond donors (Lipinski definition) is 1. The van der Waals surface area contributed by atoms with Gasteiger partial charge in [0.05, 0.1) is 17.3 Å². The van der Waals surface area contributed by atoms with Crippen LogP contribution in [0.2, 0.25) is 0 Å². The van der Waals surface area contributed by atoms with Crippen molar-refractivity contribution >= 4 is 0 Å². The van der Waals surface area contributed by atoms with Gasteiger partial charge in [0.1, 0.15) is 0 Å². The number of ether oxygens (including phenoxy) is 1. The SMILES string of the molecule is CC1(C)CC2(C)OC2C2(CCC2(C)O)C1. The van der Waals surface area contributed by atoms with Gasteiger partial charge in [-0.15, -0.1) is 0 Å². The topological polar surface area (TPSA) is 32.8 Å². The summed E-state index contributed by atoms with van der Waals surface area (Å²) in [6.45, 7) is 8.84. The van der Waals surface area contributed by atoms with E-state index in [-0.39, 0.29) is 11.0 Å². The van der Waals surface area contributed by atoms with Crippen LogP contribution < -0.4 is 0 Å². The van der Waals surface area contributed by atoms with E-state index in [9.17, 15) is 5.11 Å². The van der Waals surface area contributed by atoms with E-state index >= 15 is 0 Å². The molecule has 2 saturated carbocycles. The average Bonchev–Trinajstić information content (AvgIpc) is 2.70. The summed E-state index contributed by atoms with van der Waals surface area (Å²) in [6, 6.07) is 0. The lowest BCUT2D eigenvalue weighted by molar-refractivity contribution is -0.188. The third-order valence-corrected chi connectivity index (χ3v) is 5.14. The number of aliphatic hydroxyl groups is 1. The van der Waals surface area contributed by atoms with Gasteiger partial charge in [-0.1, -0.05) is 13.8 Å². The molecule has 1 saturated heterocycles. The molecule has 0 aromatic heterocycles. The molecule has 3 aliphatic rings. The fourth-order valence-corrected chi connectivity index (χ4v) is 4.53. The van der Waals surface area contributed by atoms with Crippen molar-refractivity contribution in [1.29, 1.82) is 0 Å². The third-order valence-electron chi connectivity index (χ3n) is 5.14. The lowest BCUT2D eigenvalue weighted by Crippen LogP contribution is -2.63. The van der Waals surface area contributed by atoms with E-state index in [1.165, 1.54) is 0 Å². The molecule has 1 aliphatic heterocycles. The zero-order chi connectivity index (χ0) is 11.1. The van der Waals surface area contributed by atoms with Gasteiger partial charge in [-0.3, -0.25) is 0 Å². The normalized spacial score (nSPS) is 61.0. The van der Waals surface area contributed by atoms with Crippen LogP contribution in [0, 0.1) is 10.8 Å². The van der Waals surface area contributed by atoms with Crippen molar-refractivity contribution in [3.63, 3.8) is 0 Å². The van der Waals surface area contributed by atoms with Gasteiger partial charge in [-0.05, 0) is 44.9 Å². The maximum atomic E-state index is 10.5. The highest BCUT2D eigenvalue weighted by atomic mass is 16.6. The molecule has 1 N–H and O–H groups in total. The number of epoxide rings is 1. The minimum absolute atomic E-state index is 0.0590. The monoisotopic (exact) mass is 210 g/mol. The number of fused-ring (bicyclic) bond motifs is 2. The quantitative estimate of drug-likeness (QED) is 0.623. The molecule has 1 heterocycles. The molecule has 86 valence electrons. The fraction of sp³-hybridized carbons (Fsp3) is 1.00. The van der Waals surface area contributed by atoms with Crippen LogP contribution in [0.3, 0.4) is 0 Å². The molecule has 0 amide bonds. The van der Waals surface area contributed by atoms with Crippen LogP contribution in [0.5, 0.6) is 0 Å². The second-order valence-corrected chi connectivity index (χ2v) is 7.26. The maximum absolute atomic E-state index is 10.5. The summed E-state index contributed by atoms with van der Waals surface area (Å²) < 4.78 is 5.93. The summed E-state index contributed by atoms with van der Waals surface area (Å²) in [7, 11) is 0. The van der Waals surface area contributed by atoms with Crippen LogP contribution in [0.1, 0.15) is 53.4 Å². The Morgan fingerprint density at radius 2 is 1.73 bits per heavy atom. The second kappa shape index (κ2) is 2.28. The highest BCUT2D eigenvalue weighted by Crippen LogP contribution is 2.71. The zero-order valence-electron chi connectivity index (χ0n) is 10.3. The number of hydrogen-bond acceptors (Lipinski definition) is 2. The second-order valence-electron chi connectivity index (χ2n) is 7.26. The molecule has 15 heavy (non-hydrogen) atoms. The molecule has 1 spiro atoms. The minimum Gasteiger partial charge on any atom is -0.389 e.